The summed E-state index contributed by atoms with van der Waals surface area (Å²) in [7, 11) is 0. The van der Waals surface area contributed by atoms with Gasteiger partial charge in [-0.3, -0.25) is 0 Å². The summed E-state index contributed by atoms with van der Waals surface area (Å²) in [6.07, 6.45) is 3.55. The van der Waals surface area contributed by atoms with Crippen LogP contribution in [0.1, 0.15) is 45.4 Å². The largest absolute Gasteiger partial charge is 0.314 e. The van der Waals surface area contributed by atoms with E-state index in [9.17, 15) is 0 Å². The van der Waals surface area contributed by atoms with Crippen LogP contribution < -0.4 is 5.32 Å². The second kappa shape index (κ2) is 6.77. The first kappa shape index (κ1) is 15.0. The minimum Gasteiger partial charge on any atom is -0.314 e. The molecule has 0 amide bonds. The molecule has 1 aromatic rings. The fourth-order valence-corrected chi connectivity index (χ4v) is 3.31. The molecule has 0 aliphatic rings. The molecule has 1 heterocycles. The molecule has 1 rings (SSSR count). The van der Waals surface area contributed by atoms with Crippen LogP contribution >= 0.6 is 22.9 Å². The molecule has 0 aliphatic heterocycles. The van der Waals surface area contributed by atoms with Gasteiger partial charge in [0.25, 0.3) is 0 Å². The van der Waals surface area contributed by atoms with Crippen LogP contribution in [0, 0.1) is 5.41 Å². The first-order valence-corrected chi connectivity index (χ1v) is 7.68. The van der Waals surface area contributed by atoms with E-state index in [1.165, 1.54) is 17.7 Å². The Morgan fingerprint density at radius 2 is 1.94 bits per heavy atom. The minimum atomic E-state index is 0.373. The highest BCUT2D eigenvalue weighted by Gasteiger charge is 2.27. The maximum atomic E-state index is 6.01. The summed E-state index contributed by atoms with van der Waals surface area (Å²) in [5.74, 6) is 0. The van der Waals surface area contributed by atoms with Crippen molar-refractivity contribution in [3.63, 3.8) is 0 Å². The molecule has 1 nitrogen and oxygen atoms in total. The lowest BCUT2D eigenvalue weighted by Crippen LogP contribution is -2.38. The normalized spacial score (nSPS) is 12.4. The molecule has 0 fully saturated rings. The number of halogens is 1. The smallest absolute Gasteiger partial charge is 0.0931 e. The molecule has 98 valence electrons. The molecule has 0 atom stereocenters. The summed E-state index contributed by atoms with van der Waals surface area (Å²) in [5.41, 5.74) is 0.373. The molecular formula is C14H24ClNS. The molecule has 1 aromatic heterocycles. The maximum absolute atomic E-state index is 6.01. The van der Waals surface area contributed by atoms with Gasteiger partial charge in [-0.25, -0.2) is 0 Å². The summed E-state index contributed by atoms with van der Waals surface area (Å²) in [4.78, 5) is 1.41. The summed E-state index contributed by atoms with van der Waals surface area (Å²) < 4.78 is 0.901. The molecule has 3 heteroatoms. The zero-order valence-electron chi connectivity index (χ0n) is 11.3. The Bertz CT molecular complexity index is 329. The van der Waals surface area contributed by atoms with Crippen molar-refractivity contribution in [1.29, 1.82) is 0 Å². The Kier molecular flexibility index (Phi) is 5.98. The van der Waals surface area contributed by atoms with E-state index in [1.54, 1.807) is 11.3 Å². The first-order chi connectivity index (χ1) is 8.01. The van der Waals surface area contributed by atoms with Crippen LogP contribution in [0.5, 0.6) is 0 Å². The Balaban J connectivity index is 2.69. The fourth-order valence-electron chi connectivity index (χ4n) is 2.05. The summed E-state index contributed by atoms with van der Waals surface area (Å²) >= 11 is 7.72. The molecule has 17 heavy (non-hydrogen) atoms. The van der Waals surface area contributed by atoms with E-state index in [1.807, 2.05) is 6.07 Å². The summed E-state index contributed by atoms with van der Waals surface area (Å²) in [6, 6.07) is 4.73. The van der Waals surface area contributed by atoms with Crippen molar-refractivity contribution in [3.8, 4) is 0 Å². The van der Waals surface area contributed by atoms with Gasteiger partial charge in [0.2, 0.25) is 0 Å². The number of hydrogen-bond donors (Lipinski definition) is 1. The third-order valence-electron chi connectivity index (χ3n) is 3.56. The Morgan fingerprint density at radius 1 is 1.29 bits per heavy atom. The second-order valence-corrected chi connectivity index (χ2v) is 6.92. The topological polar surface area (TPSA) is 12.0 Å². The number of rotatable bonds is 7. The van der Waals surface area contributed by atoms with E-state index in [4.69, 9.17) is 11.6 Å². The van der Waals surface area contributed by atoms with E-state index >= 15 is 0 Å². The van der Waals surface area contributed by atoms with Crippen molar-refractivity contribution in [2.24, 2.45) is 5.41 Å². The Labute approximate surface area is 115 Å². The highest BCUT2D eigenvalue weighted by molar-refractivity contribution is 7.16. The molecule has 0 aromatic carbocycles. The lowest BCUT2D eigenvalue weighted by molar-refractivity contribution is 0.241. The van der Waals surface area contributed by atoms with Crippen LogP contribution in [0.3, 0.4) is 0 Å². The molecule has 0 saturated heterocycles. The van der Waals surface area contributed by atoms with Gasteiger partial charge < -0.3 is 5.32 Å². The molecule has 0 radical (unpaired) electrons. The van der Waals surface area contributed by atoms with Crippen molar-refractivity contribution >= 4 is 22.9 Å². The van der Waals surface area contributed by atoms with Crippen LogP contribution in [0.15, 0.2) is 12.1 Å². The number of hydrogen-bond acceptors (Lipinski definition) is 2. The highest BCUT2D eigenvalue weighted by atomic mass is 35.5. The maximum Gasteiger partial charge on any atom is 0.0931 e. The molecule has 1 N–H and O–H groups in total. The van der Waals surface area contributed by atoms with E-state index < -0.39 is 0 Å². The molecule has 0 saturated carbocycles. The quantitative estimate of drug-likeness (QED) is 0.756. The van der Waals surface area contributed by atoms with Gasteiger partial charge in [-0.2, -0.15) is 0 Å². The zero-order chi connectivity index (χ0) is 12.9. The van der Waals surface area contributed by atoms with E-state index in [0.29, 0.717) is 11.5 Å². The SMILES string of the molecule is CCC(CC)(CNC(C)C)Cc1ccc(Cl)s1. The van der Waals surface area contributed by atoms with Crippen LogP contribution in [0.4, 0.5) is 0 Å². The lowest BCUT2D eigenvalue weighted by Gasteiger charge is -2.32. The van der Waals surface area contributed by atoms with E-state index in [-0.39, 0.29) is 0 Å². The minimum absolute atomic E-state index is 0.373. The second-order valence-electron chi connectivity index (χ2n) is 5.13. The Hall–Kier alpha value is -0.0500. The molecular weight excluding hydrogens is 250 g/mol. The van der Waals surface area contributed by atoms with Gasteiger partial charge in [0, 0.05) is 17.5 Å². The van der Waals surface area contributed by atoms with Crippen molar-refractivity contribution in [3.05, 3.63) is 21.3 Å². The van der Waals surface area contributed by atoms with E-state index in [2.05, 4.69) is 39.1 Å². The molecule has 0 unspecified atom stereocenters. The van der Waals surface area contributed by atoms with Gasteiger partial charge in [0.15, 0.2) is 0 Å². The molecule has 0 aliphatic carbocycles. The van der Waals surface area contributed by atoms with Crippen molar-refractivity contribution < 1.29 is 0 Å². The lowest BCUT2D eigenvalue weighted by atomic mass is 9.78. The summed E-state index contributed by atoms with van der Waals surface area (Å²) in [5, 5.41) is 3.59. The van der Waals surface area contributed by atoms with Gasteiger partial charge in [-0.05, 0) is 36.8 Å². The highest BCUT2D eigenvalue weighted by Crippen LogP contribution is 2.34. The van der Waals surface area contributed by atoms with Gasteiger partial charge >= 0.3 is 0 Å². The van der Waals surface area contributed by atoms with Crippen LogP contribution in [0.2, 0.25) is 4.34 Å². The van der Waals surface area contributed by atoms with Crippen LogP contribution in [-0.2, 0) is 6.42 Å². The van der Waals surface area contributed by atoms with Crippen molar-refractivity contribution in [2.75, 3.05) is 6.54 Å². The zero-order valence-corrected chi connectivity index (χ0v) is 12.9. The van der Waals surface area contributed by atoms with Crippen molar-refractivity contribution in [1.82, 2.24) is 5.32 Å². The predicted octanol–water partition coefficient (Wildman–Crippen LogP) is 4.75. The third kappa shape index (κ3) is 4.61. The third-order valence-corrected chi connectivity index (χ3v) is 4.79. The average Bonchev–Trinajstić information content (AvgIpc) is 2.70. The standard InChI is InChI=1S/C14H24ClNS/c1-5-14(6-2,10-16-11(3)4)9-12-7-8-13(15)17-12/h7-8,11,16H,5-6,9-10H2,1-4H3. The Morgan fingerprint density at radius 3 is 2.35 bits per heavy atom. The predicted molar refractivity (Wildman–Crippen MR) is 79.2 cm³/mol. The average molecular weight is 274 g/mol. The van der Waals surface area contributed by atoms with Gasteiger partial charge in [0.1, 0.15) is 0 Å². The monoisotopic (exact) mass is 273 g/mol. The van der Waals surface area contributed by atoms with Crippen molar-refractivity contribution in [2.45, 2.75) is 53.0 Å². The van der Waals surface area contributed by atoms with Gasteiger partial charge in [-0.15, -0.1) is 11.3 Å². The number of nitrogens with one attached hydrogen (secondary N) is 1. The van der Waals surface area contributed by atoms with Gasteiger partial charge in [-0.1, -0.05) is 39.3 Å². The van der Waals surface area contributed by atoms with Crippen LogP contribution in [0.25, 0.3) is 0 Å². The van der Waals surface area contributed by atoms with Crippen LogP contribution in [-0.4, -0.2) is 12.6 Å². The summed E-state index contributed by atoms with van der Waals surface area (Å²) in [6.45, 7) is 10.1. The number of thiophene rings is 1. The van der Waals surface area contributed by atoms with Gasteiger partial charge in [0.05, 0.1) is 4.34 Å². The molecule has 0 spiro atoms. The fraction of sp³-hybridized carbons (Fsp3) is 0.714. The molecule has 0 bridgehead atoms. The van der Waals surface area contributed by atoms with E-state index in [0.717, 1.165) is 17.3 Å². The first-order valence-electron chi connectivity index (χ1n) is 6.49.